The number of carbonyl (C=O) groups is 4. The first-order chi connectivity index (χ1) is 22.7. The van der Waals surface area contributed by atoms with Crippen LogP contribution in [0.2, 0.25) is 0 Å². The third-order valence-electron chi connectivity index (χ3n) is 7.72. The molecule has 4 aromatic rings. The van der Waals surface area contributed by atoms with Gasteiger partial charge in [-0.3, -0.25) is 14.4 Å². The van der Waals surface area contributed by atoms with Crippen molar-refractivity contribution in [1.82, 2.24) is 5.32 Å². The number of hydrogen-bond donors (Lipinski definition) is 3. The van der Waals surface area contributed by atoms with E-state index in [2.05, 4.69) is 29.8 Å². The van der Waals surface area contributed by atoms with Gasteiger partial charge in [0.1, 0.15) is 10.7 Å². The summed E-state index contributed by atoms with van der Waals surface area (Å²) in [5, 5.41) is 9.11. The van der Waals surface area contributed by atoms with Gasteiger partial charge >= 0.3 is 5.97 Å². The maximum absolute atomic E-state index is 13.5. The van der Waals surface area contributed by atoms with Crippen LogP contribution in [-0.2, 0) is 27.2 Å². The highest BCUT2D eigenvalue weighted by Gasteiger charge is 2.27. The van der Waals surface area contributed by atoms with Crippen LogP contribution < -0.4 is 16.0 Å². The molecule has 1 aliphatic rings. The van der Waals surface area contributed by atoms with Crippen LogP contribution in [0.5, 0.6) is 0 Å². The number of esters is 1. The maximum Gasteiger partial charge on any atom is 0.341 e. The van der Waals surface area contributed by atoms with Gasteiger partial charge in [-0.2, -0.15) is 0 Å². The van der Waals surface area contributed by atoms with E-state index >= 15 is 0 Å². The highest BCUT2D eigenvalue weighted by Crippen LogP contribution is 2.38. The van der Waals surface area contributed by atoms with Crippen molar-refractivity contribution in [3.63, 3.8) is 0 Å². The Morgan fingerprint density at radius 1 is 0.915 bits per heavy atom. The zero-order valence-corrected chi connectivity index (χ0v) is 28.2. The molecule has 0 fully saturated rings. The number of benzene rings is 3. The van der Waals surface area contributed by atoms with Crippen LogP contribution in [0.1, 0.15) is 74.9 Å². The van der Waals surface area contributed by atoms with E-state index in [1.54, 1.807) is 48.5 Å². The smallest absolute Gasteiger partial charge is 0.341 e. The fourth-order valence-corrected chi connectivity index (χ4v) is 7.28. The number of fused-ring (bicyclic) bond motifs is 1. The minimum atomic E-state index is -0.487. The van der Waals surface area contributed by atoms with Crippen molar-refractivity contribution in [2.75, 3.05) is 23.5 Å². The lowest BCUT2D eigenvalue weighted by atomic mass is 9.95. The van der Waals surface area contributed by atoms with Gasteiger partial charge in [-0.15, -0.1) is 23.1 Å². The molecule has 8 nitrogen and oxygen atoms in total. The summed E-state index contributed by atoms with van der Waals surface area (Å²) >= 11 is 2.75. The average Bonchev–Trinajstić information content (AvgIpc) is 3.45. The summed E-state index contributed by atoms with van der Waals surface area (Å²) in [4.78, 5) is 53.9. The number of aryl methyl sites for hydroxylation is 1. The van der Waals surface area contributed by atoms with E-state index in [9.17, 15) is 19.2 Å². The molecule has 1 heterocycles. The van der Waals surface area contributed by atoms with Crippen LogP contribution in [0.4, 0.5) is 10.7 Å². The molecule has 47 heavy (non-hydrogen) atoms. The molecule has 0 atom stereocenters. The highest BCUT2D eigenvalue weighted by atomic mass is 32.2. The summed E-state index contributed by atoms with van der Waals surface area (Å²) in [6, 6.07) is 23.7. The summed E-state index contributed by atoms with van der Waals surface area (Å²) in [5.74, 6) is -1.10. The predicted molar refractivity (Wildman–Crippen MR) is 189 cm³/mol. The van der Waals surface area contributed by atoms with Crippen LogP contribution in [0.3, 0.4) is 0 Å². The van der Waals surface area contributed by atoms with Crippen molar-refractivity contribution in [3.8, 4) is 0 Å². The van der Waals surface area contributed by atoms with Crippen molar-refractivity contribution < 1.29 is 23.9 Å². The number of rotatable bonds is 11. The molecule has 0 aliphatic heterocycles. The van der Waals surface area contributed by atoms with Crippen LogP contribution in [0, 0.1) is 0 Å². The number of anilines is 2. The fraction of sp³-hybridized carbons (Fsp3) is 0.243. The van der Waals surface area contributed by atoms with E-state index in [-0.39, 0.29) is 17.4 Å². The summed E-state index contributed by atoms with van der Waals surface area (Å²) in [5.41, 5.74) is 4.42. The second-order valence-corrected chi connectivity index (χ2v) is 13.6. The number of ether oxygens (including phenoxy) is 1. The zero-order chi connectivity index (χ0) is 33.3. The Labute approximate surface area is 283 Å². The first kappa shape index (κ1) is 33.7. The van der Waals surface area contributed by atoms with Crippen molar-refractivity contribution >= 4 is 63.6 Å². The van der Waals surface area contributed by atoms with E-state index in [1.807, 2.05) is 36.4 Å². The van der Waals surface area contributed by atoms with Crippen LogP contribution in [-0.4, -0.2) is 36.6 Å². The standard InChI is InChI=1S/C37H37N3O5S2/c1-23(2)25-18-16-24(17-19-25)20-30(39-34(42)26-10-5-4-6-11-26)35(43)38-27-12-9-13-28(21-27)46-22-32(41)40-36-33(37(44)45-3)29-14-7-8-15-31(29)47-36/h4-6,9-13,16-21,23H,7-8,14-15,22H2,1-3H3,(H,38,43)(H,39,42)(H,40,41)/b30-20+. The van der Waals surface area contributed by atoms with Gasteiger partial charge in [-0.05, 0) is 84.7 Å². The highest BCUT2D eigenvalue weighted by molar-refractivity contribution is 8.00. The topological polar surface area (TPSA) is 114 Å². The van der Waals surface area contributed by atoms with Gasteiger partial charge < -0.3 is 20.7 Å². The van der Waals surface area contributed by atoms with E-state index in [4.69, 9.17) is 4.74 Å². The van der Waals surface area contributed by atoms with E-state index in [0.29, 0.717) is 27.7 Å². The first-order valence-corrected chi connectivity index (χ1v) is 17.3. The van der Waals surface area contributed by atoms with Crippen LogP contribution >= 0.6 is 23.1 Å². The molecule has 3 aromatic carbocycles. The lowest BCUT2D eigenvalue weighted by Crippen LogP contribution is -2.30. The number of carbonyl (C=O) groups excluding carboxylic acids is 4. The number of thioether (sulfide) groups is 1. The zero-order valence-electron chi connectivity index (χ0n) is 26.6. The molecule has 3 N–H and O–H groups in total. The van der Waals surface area contributed by atoms with Gasteiger partial charge in [0.25, 0.3) is 11.8 Å². The third kappa shape index (κ3) is 8.78. The summed E-state index contributed by atoms with van der Waals surface area (Å²) < 4.78 is 5.01. The minimum absolute atomic E-state index is 0.0913. The number of amides is 3. The van der Waals surface area contributed by atoms with Gasteiger partial charge in [0.05, 0.1) is 18.4 Å². The lowest BCUT2D eigenvalue weighted by molar-refractivity contribution is -0.114. The number of methoxy groups -OCH3 is 1. The molecule has 1 aliphatic carbocycles. The summed E-state index contributed by atoms with van der Waals surface area (Å²) in [6.07, 6.45) is 5.41. The Morgan fingerprint density at radius 2 is 1.66 bits per heavy atom. The van der Waals surface area contributed by atoms with E-state index < -0.39 is 17.8 Å². The first-order valence-electron chi connectivity index (χ1n) is 15.5. The van der Waals surface area contributed by atoms with Gasteiger partial charge in [0, 0.05) is 21.0 Å². The van der Waals surface area contributed by atoms with Crippen molar-refractivity contribution in [2.45, 2.75) is 50.3 Å². The Bertz CT molecular complexity index is 1800. The second kappa shape index (κ2) is 15.8. The molecule has 1 aromatic heterocycles. The molecular formula is C37H37N3O5S2. The van der Waals surface area contributed by atoms with Crippen LogP contribution in [0.25, 0.3) is 6.08 Å². The maximum atomic E-state index is 13.5. The molecule has 5 rings (SSSR count). The predicted octanol–water partition coefficient (Wildman–Crippen LogP) is 7.68. The molecule has 10 heteroatoms. The molecule has 0 saturated heterocycles. The molecule has 3 amide bonds. The molecule has 0 radical (unpaired) electrons. The van der Waals surface area contributed by atoms with Gasteiger partial charge in [0.2, 0.25) is 5.91 Å². The van der Waals surface area contributed by atoms with Crippen molar-refractivity contribution in [2.24, 2.45) is 0 Å². The van der Waals surface area contributed by atoms with Crippen molar-refractivity contribution in [1.29, 1.82) is 0 Å². The molecular weight excluding hydrogens is 631 g/mol. The Morgan fingerprint density at radius 3 is 2.38 bits per heavy atom. The average molecular weight is 668 g/mol. The van der Waals surface area contributed by atoms with Gasteiger partial charge in [-0.1, -0.05) is 62.4 Å². The largest absolute Gasteiger partial charge is 0.465 e. The lowest BCUT2D eigenvalue weighted by Gasteiger charge is -2.13. The second-order valence-electron chi connectivity index (χ2n) is 11.4. The molecule has 0 unspecified atom stereocenters. The number of thiophene rings is 1. The molecule has 0 spiro atoms. The minimum Gasteiger partial charge on any atom is -0.465 e. The summed E-state index contributed by atoms with van der Waals surface area (Å²) in [7, 11) is 1.35. The van der Waals surface area contributed by atoms with E-state index in [1.165, 1.54) is 35.8 Å². The number of hydrogen-bond acceptors (Lipinski definition) is 7. The summed E-state index contributed by atoms with van der Waals surface area (Å²) in [6.45, 7) is 4.22. The Balaban J connectivity index is 1.27. The Kier molecular flexibility index (Phi) is 11.3. The SMILES string of the molecule is COC(=O)c1c(NC(=O)CSc2cccc(NC(=O)/C(=C\c3ccc(C(C)C)cc3)NC(=O)c3ccccc3)c2)sc2c1CCCC2. The monoisotopic (exact) mass is 667 g/mol. The molecule has 0 saturated carbocycles. The van der Waals surface area contributed by atoms with Crippen LogP contribution in [0.15, 0.2) is 89.5 Å². The fourth-order valence-electron chi connectivity index (χ4n) is 5.23. The van der Waals surface area contributed by atoms with Crippen molar-refractivity contribution in [3.05, 3.63) is 117 Å². The normalized spacial score (nSPS) is 12.6. The Hall–Kier alpha value is -4.67. The molecule has 242 valence electrons. The quantitative estimate of drug-likeness (QED) is 0.0860. The van der Waals surface area contributed by atoms with E-state index in [0.717, 1.165) is 46.6 Å². The number of nitrogens with one attached hydrogen (secondary N) is 3. The van der Waals surface area contributed by atoms with Gasteiger partial charge in [-0.25, -0.2) is 4.79 Å². The molecule has 0 bridgehead atoms. The third-order valence-corrected chi connectivity index (χ3v) is 9.92. The van der Waals surface area contributed by atoms with Gasteiger partial charge in [0.15, 0.2) is 0 Å².